The number of hydrogen-bond acceptors (Lipinski definition) is 2. The van der Waals surface area contributed by atoms with Crippen molar-refractivity contribution in [3.05, 3.63) is 94.8 Å². The van der Waals surface area contributed by atoms with E-state index in [1.807, 2.05) is 24.3 Å². The van der Waals surface area contributed by atoms with Crippen molar-refractivity contribution in [2.45, 2.75) is 25.8 Å². The molecule has 0 bridgehead atoms. The van der Waals surface area contributed by atoms with E-state index in [2.05, 4.69) is 10.6 Å². The van der Waals surface area contributed by atoms with Gasteiger partial charge >= 0.3 is 6.03 Å². The number of aryl methyl sites for hydroxylation is 1. The Morgan fingerprint density at radius 2 is 1.64 bits per heavy atom. The van der Waals surface area contributed by atoms with E-state index in [0.29, 0.717) is 12.1 Å². The topological polar surface area (TPSA) is 61.4 Å². The van der Waals surface area contributed by atoms with E-state index in [9.17, 15) is 22.8 Å². The minimum atomic E-state index is -0.908. The molecule has 1 aliphatic rings. The summed E-state index contributed by atoms with van der Waals surface area (Å²) in [6, 6.07) is 14.1. The first-order valence-corrected chi connectivity index (χ1v) is 10.6. The van der Waals surface area contributed by atoms with Crippen molar-refractivity contribution >= 4 is 23.3 Å². The summed E-state index contributed by atoms with van der Waals surface area (Å²) in [5.74, 6) is -2.95. The van der Waals surface area contributed by atoms with Crippen LogP contribution in [0.4, 0.5) is 29.3 Å². The Balaban J connectivity index is 1.44. The van der Waals surface area contributed by atoms with E-state index in [-0.39, 0.29) is 12.1 Å². The van der Waals surface area contributed by atoms with Crippen molar-refractivity contribution in [1.29, 1.82) is 0 Å². The Bertz CT molecular complexity index is 1180. The minimum Gasteiger partial charge on any atom is -0.334 e. The highest BCUT2D eigenvalue weighted by Gasteiger charge is 2.24. The maximum absolute atomic E-state index is 14.8. The first-order valence-electron chi connectivity index (χ1n) is 10.6. The summed E-state index contributed by atoms with van der Waals surface area (Å²) in [6.07, 6.45) is 2.64. The molecule has 0 spiro atoms. The molecule has 3 amide bonds. The summed E-state index contributed by atoms with van der Waals surface area (Å²) in [7, 11) is 0. The summed E-state index contributed by atoms with van der Waals surface area (Å²) in [4.78, 5) is 26.7. The molecule has 2 N–H and O–H groups in total. The van der Waals surface area contributed by atoms with Crippen molar-refractivity contribution in [2.24, 2.45) is 0 Å². The quantitative estimate of drug-likeness (QED) is 0.555. The van der Waals surface area contributed by atoms with E-state index in [1.54, 1.807) is 4.90 Å². The smallest absolute Gasteiger partial charge is 0.319 e. The molecule has 3 aromatic carbocycles. The molecule has 170 valence electrons. The van der Waals surface area contributed by atoms with Gasteiger partial charge < -0.3 is 15.5 Å². The van der Waals surface area contributed by atoms with Gasteiger partial charge in [0, 0.05) is 18.8 Å². The van der Waals surface area contributed by atoms with Crippen LogP contribution in [-0.2, 0) is 13.0 Å². The number of rotatable bonds is 4. The number of nitrogens with one attached hydrogen (secondary N) is 2. The van der Waals surface area contributed by atoms with Crippen LogP contribution in [0.3, 0.4) is 0 Å². The molecule has 8 heteroatoms. The Hall–Kier alpha value is -3.81. The van der Waals surface area contributed by atoms with Gasteiger partial charge in [-0.05, 0) is 60.7 Å². The summed E-state index contributed by atoms with van der Waals surface area (Å²) >= 11 is 0. The molecule has 0 atom stereocenters. The Labute approximate surface area is 189 Å². The summed E-state index contributed by atoms with van der Waals surface area (Å²) < 4.78 is 42.1. The molecule has 0 fully saturated rings. The van der Waals surface area contributed by atoms with Crippen LogP contribution >= 0.6 is 0 Å². The average molecular weight is 453 g/mol. The maximum atomic E-state index is 14.8. The number of amides is 3. The van der Waals surface area contributed by atoms with Gasteiger partial charge in [0.15, 0.2) is 0 Å². The zero-order valence-corrected chi connectivity index (χ0v) is 17.7. The van der Waals surface area contributed by atoms with E-state index in [0.717, 1.165) is 42.6 Å². The van der Waals surface area contributed by atoms with E-state index < -0.39 is 35.1 Å². The van der Waals surface area contributed by atoms with Gasteiger partial charge in [-0.2, -0.15) is 0 Å². The van der Waals surface area contributed by atoms with E-state index in [4.69, 9.17) is 0 Å². The SMILES string of the molecule is O=C(NCc1ccc(C(=O)N2CCCCc3ccccc32)c(F)c1)Nc1c(F)cccc1F. The number of urea groups is 1. The third kappa shape index (κ3) is 5.00. The second-order valence-corrected chi connectivity index (χ2v) is 7.76. The van der Waals surface area contributed by atoms with Crippen LogP contribution in [0.25, 0.3) is 0 Å². The van der Waals surface area contributed by atoms with Gasteiger partial charge in [0.25, 0.3) is 5.91 Å². The van der Waals surface area contributed by atoms with Crippen LogP contribution in [-0.4, -0.2) is 18.5 Å². The standard InChI is InChI=1S/C25H22F3N3O2/c26-19-8-5-9-20(27)23(19)30-25(33)29-15-16-11-12-18(21(28)14-16)24(32)31-13-4-3-7-17-6-1-2-10-22(17)31/h1-2,5-6,8-12,14H,3-4,7,13,15H2,(H2,29,30,33). The summed E-state index contributed by atoms with van der Waals surface area (Å²) in [6.45, 7) is 0.408. The van der Waals surface area contributed by atoms with Crippen molar-refractivity contribution in [1.82, 2.24) is 5.32 Å². The number of benzene rings is 3. The summed E-state index contributed by atoms with van der Waals surface area (Å²) in [5, 5.41) is 4.51. The molecular formula is C25H22F3N3O2. The van der Waals surface area contributed by atoms with Gasteiger partial charge in [-0.3, -0.25) is 4.79 Å². The van der Waals surface area contributed by atoms with E-state index in [1.165, 1.54) is 24.3 Å². The predicted molar refractivity (Wildman–Crippen MR) is 120 cm³/mol. The molecule has 1 aliphatic heterocycles. The van der Waals surface area contributed by atoms with Gasteiger partial charge in [0.05, 0.1) is 5.56 Å². The molecule has 0 saturated carbocycles. The fraction of sp³-hybridized carbons (Fsp3) is 0.200. The molecule has 0 radical (unpaired) electrons. The van der Waals surface area contributed by atoms with Crippen molar-refractivity contribution in [3.63, 3.8) is 0 Å². The molecule has 0 aromatic heterocycles. The average Bonchev–Trinajstić information content (AvgIpc) is 3.02. The normalized spacial score (nSPS) is 13.1. The highest BCUT2D eigenvalue weighted by Crippen LogP contribution is 2.28. The van der Waals surface area contributed by atoms with Crippen LogP contribution in [0.15, 0.2) is 60.7 Å². The van der Waals surface area contributed by atoms with Gasteiger partial charge in [0.2, 0.25) is 0 Å². The Kier molecular flexibility index (Phi) is 6.63. The lowest BCUT2D eigenvalue weighted by atomic mass is 10.1. The monoisotopic (exact) mass is 453 g/mol. The first kappa shape index (κ1) is 22.4. The number of halogens is 3. The van der Waals surface area contributed by atoms with Crippen LogP contribution in [0.1, 0.15) is 34.3 Å². The van der Waals surface area contributed by atoms with Crippen molar-refractivity contribution in [3.8, 4) is 0 Å². The third-order valence-electron chi connectivity index (χ3n) is 5.52. The second-order valence-electron chi connectivity index (χ2n) is 7.76. The molecule has 3 aromatic rings. The number of para-hydroxylation sites is 2. The predicted octanol–water partition coefficient (Wildman–Crippen LogP) is 5.41. The van der Waals surface area contributed by atoms with E-state index >= 15 is 0 Å². The lowest BCUT2D eigenvalue weighted by molar-refractivity contribution is 0.0983. The highest BCUT2D eigenvalue weighted by molar-refractivity contribution is 6.06. The number of anilines is 2. The van der Waals surface area contributed by atoms with Crippen molar-refractivity contribution in [2.75, 3.05) is 16.8 Å². The molecule has 4 rings (SSSR count). The fourth-order valence-corrected chi connectivity index (χ4v) is 3.85. The molecule has 33 heavy (non-hydrogen) atoms. The number of nitrogens with zero attached hydrogens (tertiary/aromatic N) is 1. The number of carbonyl (C=O) groups excluding carboxylic acids is 2. The van der Waals surface area contributed by atoms with Gasteiger partial charge in [-0.25, -0.2) is 18.0 Å². The lowest BCUT2D eigenvalue weighted by Crippen LogP contribution is -2.32. The molecule has 5 nitrogen and oxygen atoms in total. The van der Waals surface area contributed by atoms with Gasteiger partial charge in [-0.1, -0.05) is 30.3 Å². The van der Waals surface area contributed by atoms with Crippen molar-refractivity contribution < 1.29 is 22.8 Å². The number of carbonyl (C=O) groups is 2. The summed E-state index contributed by atoms with van der Waals surface area (Å²) in [5.41, 5.74) is 1.61. The Morgan fingerprint density at radius 3 is 2.39 bits per heavy atom. The second kappa shape index (κ2) is 9.77. The molecule has 1 heterocycles. The molecule has 0 aliphatic carbocycles. The zero-order chi connectivity index (χ0) is 23.4. The fourth-order valence-electron chi connectivity index (χ4n) is 3.85. The number of hydrogen-bond donors (Lipinski definition) is 2. The van der Waals surface area contributed by atoms with Gasteiger partial charge in [0.1, 0.15) is 23.1 Å². The van der Waals surface area contributed by atoms with Crippen LogP contribution in [0, 0.1) is 17.5 Å². The maximum Gasteiger partial charge on any atom is 0.319 e. The molecule has 0 saturated heterocycles. The minimum absolute atomic E-state index is 0.0617. The third-order valence-corrected chi connectivity index (χ3v) is 5.52. The van der Waals surface area contributed by atoms with Crippen LogP contribution in [0.5, 0.6) is 0 Å². The lowest BCUT2D eigenvalue weighted by Gasteiger charge is -2.23. The van der Waals surface area contributed by atoms with Gasteiger partial charge in [-0.15, -0.1) is 0 Å². The molecular weight excluding hydrogens is 431 g/mol. The van der Waals surface area contributed by atoms with Crippen LogP contribution < -0.4 is 15.5 Å². The largest absolute Gasteiger partial charge is 0.334 e. The van der Waals surface area contributed by atoms with Crippen LogP contribution in [0.2, 0.25) is 0 Å². The highest BCUT2D eigenvalue weighted by atomic mass is 19.1. The Morgan fingerprint density at radius 1 is 0.879 bits per heavy atom. The number of fused-ring (bicyclic) bond motifs is 1. The zero-order valence-electron chi connectivity index (χ0n) is 17.7. The first-order chi connectivity index (χ1) is 15.9. The molecule has 0 unspecified atom stereocenters.